The van der Waals surface area contributed by atoms with Crippen LogP contribution in [-0.4, -0.2) is 14.8 Å². The first-order valence-electron chi connectivity index (χ1n) is 6.34. The molecule has 0 bridgehead atoms. The first-order valence-corrected chi connectivity index (χ1v) is 6.34. The van der Waals surface area contributed by atoms with Crippen LogP contribution in [0.3, 0.4) is 0 Å². The van der Waals surface area contributed by atoms with E-state index in [1.54, 1.807) is 4.57 Å². The molecule has 98 valence electrons. The fraction of sp³-hybridized carbons (Fsp3) is 0.286. The summed E-state index contributed by atoms with van der Waals surface area (Å²) in [5.74, 6) is 0.865. The van der Waals surface area contributed by atoms with Gasteiger partial charge in [-0.2, -0.15) is 5.10 Å². The average Bonchev–Trinajstić information content (AvgIpc) is 2.76. The molecular formula is C14H16N4O. The molecule has 0 fully saturated rings. The van der Waals surface area contributed by atoms with Crippen molar-refractivity contribution in [3.05, 3.63) is 34.6 Å². The van der Waals surface area contributed by atoms with Crippen molar-refractivity contribution in [3.8, 4) is 0 Å². The van der Waals surface area contributed by atoms with Gasteiger partial charge in [-0.25, -0.2) is 0 Å². The number of pyridine rings is 1. The number of nitrogens with two attached hydrogens (primary N) is 1. The van der Waals surface area contributed by atoms with E-state index in [0.717, 1.165) is 10.8 Å². The summed E-state index contributed by atoms with van der Waals surface area (Å²) in [6.45, 7) is 4.78. The Balaban J connectivity index is 2.53. The third-order valence-electron chi connectivity index (χ3n) is 3.25. The standard InChI is InChI=1S/C14H16N4O/c1-8(2)7-18-13-11(12(15)16-17-13)9-5-3-4-6-10(9)14(18)19/h3-6,8H,7H2,1-2H3,(H3,15,16,17). The number of aromatic amines is 1. The number of nitrogens with one attached hydrogen (secondary N) is 1. The zero-order valence-electron chi connectivity index (χ0n) is 11.0. The summed E-state index contributed by atoms with van der Waals surface area (Å²) in [5.41, 5.74) is 6.58. The van der Waals surface area contributed by atoms with Gasteiger partial charge >= 0.3 is 0 Å². The van der Waals surface area contributed by atoms with Gasteiger partial charge in [0.2, 0.25) is 0 Å². The van der Waals surface area contributed by atoms with Crippen molar-refractivity contribution in [1.29, 1.82) is 0 Å². The Kier molecular flexibility index (Phi) is 2.55. The molecule has 0 spiro atoms. The fourth-order valence-corrected chi connectivity index (χ4v) is 2.47. The molecule has 3 N–H and O–H groups in total. The van der Waals surface area contributed by atoms with E-state index >= 15 is 0 Å². The molecule has 2 aromatic heterocycles. The Morgan fingerprint density at radius 2 is 2.00 bits per heavy atom. The Hall–Kier alpha value is -2.30. The van der Waals surface area contributed by atoms with E-state index in [1.807, 2.05) is 24.3 Å². The van der Waals surface area contributed by atoms with Gasteiger partial charge in [0.05, 0.1) is 5.39 Å². The summed E-state index contributed by atoms with van der Waals surface area (Å²) >= 11 is 0. The summed E-state index contributed by atoms with van der Waals surface area (Å²) in [6, 6.07) is 7.51. The van der Waals surface area contributed by atoms with Gasteiger partial charge in [-0.15, -0.1) is 0 Å². The Morgan fingerprint density at radius 3 is 2.68 bits per heavy atom. The fourth-order valence-electron chi connectivity index (χ4n) is 2.47. The predicted molar refractivity (Wildman–Crippen MR) is 77.1 cm³/mol. The smallest absolute Gasteiger partial charge is 0.260 e. The van der Waals surface area contributed by atoms with Crippen LogP contribution < -0.4 is 11.3 Å². The summed E-state index contributed by atoms with van der Waals surface area (Å²) in [4.78, 5) is 12.6. The average molecular weight is 256 g/mol. The Morgan fingerprint density at radius 1 is 1.32 bits per heavy atom. The molecule has 0 aliphatic carbocycles. The number of H-pyrrole nitrogens is 1. The maximum absolute atomic E-state index is 12.6. The van der Waals surface area contributed by atoms with Crippen molar-refractivity contribution in [1.82, 2.24) is 14.8 Å². The molecular weight excluding hydrogens is 240 g/mol. The summed E-state index contributed by atoms with van der Waals surface area (Å²) < 4.78 is 1.70. The van der Waals surface area contributed by atoms with Crippen molar-refractivity contribution < 1.29 is 0 Å². The summed E-state index contributed by atoms with van der Waals surface area (Å²) in [5, 5.41) is 9.34. The predicted octanol–water partition coefficient (Wildman–Crippen LogP) is 2.12. The third kappa shape index (κ3) is 1.69. The van der Waals surface area contributed by atoms with Gasteiger partial charge in [0.1, 0.15) is 5.82 Å². The minimum atomic E-state index is -0.0108. The molecule has 0 aliphatic heterocycles. The Labute approximate surface area is 110 Å². The van der Waals surface area contributed by atoms with Crippen molar-refractivity contribution >= 4 is 27.6 Å². The number of nitrogens with zero attached hydrogens (tertiary/aromatic N) is 2. The third-order valence-corrected chi connectivity index (χ3v) is 3.25. The zero-order chi connectivity index (χ0) is 13.6. The van der Waals surface area contributed by atoms with E-state index in [2.05, 4.69) is 24.0 Å². The molecule has 1 aromatic carbocycles. The number of aromatic nitrogens is 3. The number of hydrogen-bond acceptors (Lipinski definition) is 3. The zero-order valence-corrected chi connectivity index (χ0v) is 11.0. The van der Waals surface area contributed by atoms with E-state index in [4.69, 9.17) is 5.73 Å². The number of hydrogen-bond donors (Lipinski definition) is 2. The molecule has 0 radical (unpaired) electrons. The molecule has 0 saturated carbocycles. The van der Waals surface area contributed by atoms with Gasteiger partial charge in [-0.1, -0.05) is 32.0 Å². The number of fused-ring (bicyclic) bond motifs is 3. The molecule has 0 saturated heterocycles. The maximum atomic E-state index is 12.6. The van der Waals surface area contributed by atoms with E-state index in [-0.39, 0.29) is 5.56 Å². The quantitative estimate of drug-likeness (QED) is 0.737. The van der Waals surface area contributed by atoms with Gasteiger partial charge in [0, 0.05) is 17.3 Å². The molecule has 0 aliphatic rings. The lowest BCUT2D eigenvalue weighted by atomic mass is 10.1. The van der Waals surface area contributed by atoms with E-state index in [9.17, 15) is 4.79 Å². The van der Waals surface area contributed by atoms with Gasteiger partial charge < -0.3 is 5.73 Å². The molecule has 3 aromatic rings. The Bertz CT molecular complexity index is 813. The molecule has 0 atom stereocenters. The van der Waals surface area contributed by atoms with Crippen molar-refractivity contribution in [2.45, 2.75) is 20.4 Å². The topological polar surface area (TPSA) is 76.7 Å². The van der Waals surface area contributed by atoms with Gasteiger partial charge in [-0.3, -0.25) is 14.5 Å². The minimum absolute atomic E-state index is 0.0108. The summed E-state index contributed by atoms with van der Waals surface area (Å²) in [6.07, 6.45) is 0. The van der Waals surface area contributed by atoms with Crippen LogP contribution in [0.5, 0.6) is 0 Å². The second-order valence-electron chi connectivity index (χ2n) is 5.19. The van der Waals surface area contributed by atoms with E-state index in [1.165, 1.54) is 0 Å². The first-order chi connectivity index (χ1) is 9.09. The first kappa shape index (κ1) is 11.8. The van der Waals surface area contributed by atoms with Crippen LogP contribution in [0.25, 0.3) is 21.8 Å². The summed E-state index contributed by atoms with van der Waals surface area (Å²) in [7, 11) is 0. The van der Waals surface area contributed by atoms with Crippen LogP contribution >= 0.6 is 0 Å². The van der Waals surface area contributed by atoms with Crippen LogP contribution in [0.1, 0.15) is 13.8 Å². The molecule has 19 heavy (non-hydrogen) atoms. The van der Waals surface area contributed by atoms with Crippen LogP contribution in [0, 0.1) is 5.92 Å². The second kappa shape index (κ2) is 4.12. The highest BCUT2D eigenvalue weighted by Gasteiger charge is 2.15. The molecule has 3 rings (SSSR count). The van der Waals surface area contributed by atoms with Crippen LogP contribution in [0.4, 0.5) is 5.82 Å². The molecule has 0 unspecified atom stereocenters. The largest absolute Gasteiger partial charge is 0.383 e. The van der Waals surface area contributed by atoms with Crippen molar-refractivity contribution in [2.24, 2.45) is 5.92 Å². The van der Waals surface area contributed by atoms with Crippen molar-refractivity contribution in [2.75, 3.05) is 5.73 Å². The van der Waals surface area contributed by atoms with Crippen LogP contribution in [-0.2, 0) is 6.54 Å². The number of anilines is 1. The molecule has 5 heteroatoms. The van der Waals surface area contributed by atoms with E-state index in [0.29, 0.717) is 29.3 Å². The lowest BCUT2D eigenvalue weighted by Gasteiger charge is -2.11. The lowest BCUT2D eigenvalue weighted by molar-refractivity contribution is 0.522. The lowest BCUT2D eigenvalue weighted by Crippen LogP contribution is -2.23. The van der Waals surface area contributed by atoms with Crippen molar-refractivity contribution in [3.63, 3.8) is 0 Å². The molecule has 2 heterocycles. The normalized spacial score (nSPS) is 11.7. The minimum Gasteiger partial charge on any atom is -0.383 e. The maximum Gasteiger partial charge on any atom is 0.260 e. The number of benzene rings is 1. The highest BCUT2D eigenvalue weighted by atomic mass is 16.1. The monoisotopic (exact) mass is 256 g/mol. The molecule has 0 amide bonds. The second-order valence-corrected chi connectivity index (χ2v) is 5.19. The number of rotatable bonds is 2. The highest BCUT2D eigenvalue weighted by Crippen LogP contribution is 2.25. The van der Waals surface area contributed by atoms with E-state index < -0.39 is 0 Å². The van der Waals surface area contributed by atoms with Gasteiger partial charge in [-0.05, 0) is 12.0 Å². The SMILES string of the molecule is CC(C)Cn1c(=O)c2ccccc2c2c(N)[nH]nc21. The highest BCUT2D eigenvalue weighted by molar-refractivity contribution is 6.09. The van der Waals surface area contributed by atoms with Crippen LogP contribution in [0.2, 0.25) is 0 Å². The van der Waals surface area contributed by atoms with Gasteiger partial charge in [0.25, 0.3) is 5.56 Å². The molecule has 5 nitrogen and oxygen atoms in total. The van der Waals surface area contributed by atoms with Crippen LogP contribution in [0.15, 0.2) is 29.1 Å². The van der Waals surface area contributed by atoms with Gasteiger partial charge in [0.15, 0.2) is 5.65 Å². The number of nitrogen functional groups attached to an aromatic ring is 1.